The molecule has 5 aromatic rings. The van der Waals surface area contributed by atoms with Crippen molar-refractivity contribution >= 4 is 34.0 Å². The van der Waals surface area contributed by atoms with E-state index in [1.54, 1.807) is 25.8 Å². The van der Waals surface area contributed by atoms with Crippen LogP contribution in [0.3, 0.4) is 0 Å². The van der Waals surface area contributed by atoms with E-state index >= 15 is 0 Å². The normalized spacial score (nSPS) is 14.8. The average Bonchev–Trinajstić information content (AvgIpc) is 3.42. The van der Waals surface area contributed by atoms with Crippen LogP contribution in [0.15, 0.2) is 41.7 Å². The van der Waals surface area contributed by atoms with E-state index in [1.807, 2.05) is 17.7 Å². The van der Waals surface area contributed by atoms with E-state index in [2.05, 4.69) is 52.3 Å². The summed E-state index contributed by atoms with van der Waals surface area (Å²) in [5.74, 6) is 2.60. The molecule has 0 unspecified atom stereocenters. The van der Waals surface area contributed by atoms with Gasteiger partial charge in [-0.15, -0.1) is 0 Å². The molecular weight excluding hydrogens is 432 g/mol. The second kappa shape index (κ2) is 7.94. The van der Waals surface area contributed by atoms with Crippen LogP contribution in [0.1, 0.15) is 24.3 Å². The third kappa shape index (κ3) is 3.36. The number of nitrogens with zero attached hydrogens (tertiary/aromatic N) is 7. The van der Waals surface area contributed by atoms with Crippen molar-refractivity contribution in [1.82, 2.24) is 39.5 Å². The molecule has 0 radical (unpaired) electrons. The molecule has 0 aliphatic carbocycles. The fourth-order valence-corrected chi connectivity index (χ4v) is 4.78. The summed E-state index contributed by atoms with van der Waals surface area (Å²) >= 11 is 0. The number of hydrogen-bond acceptors (Lipinski definition) is 8. The average molecular weight is 457 g/mol. The number of H-pyrrole nitrogens is 2. The molecule has 0 saturated carbocycles. The van der Waals surface area contributed by atoms with Crippen LogP contribution in [-0.4, -0.2) is 59.6 Å². The van der Waals surface area contributed by atoms with Crippen LogP contribution in [0.25, 0.3) is 33.6 Å². The number of nitrogens with one attached hydrogen (secondary N) is 3. The summed E-state index contributed by atoms with van der Waals surface area (Å²) in [5.41, 5.74) is 5.16. The maximum Gasteiger partial charge on any atom is 0.323 e. The van der Waals surface area contributed by atoms with Gasteiger partial charge < -0.3 is 24.8 Å². The summed E-state index contributed by atoms with van der Waals surface area (Å²) in [6.07, 6.45) is 7.10. The minimum absolute atomic E-state index is 0.172. The first-order valence-corrected chi connectivity index (χ1v) is 11.2. The molecule has 11 heteroatoms. The molecule has 34 heavy (non-hydrogen) atoms. The van der Waals surface area contributed by atoms with Crippen LogP contribution >= 0.6 is 0 Å². The Labute approximate surface area is 194 Å². The fraction of sp³-hybridized carbons (Fsp3) is 0.304. The van der Waals surface area contributed by atoms with Gasteiger partial charge in [0.2, 0.25) is 5.95 Å². The molecule has 6 rings (SSSR count). The summed E-state index contributed by atoms with van der Waals surface area (Å²) in [4.78, 5) is 42.1. The molecule has 11 nitrogen and oxygen atoms in total. The molecule has 0 atom stereocenters. The van der Waals surface area contributed by atoms with Gasteiger partial charge in [0.15, 0.2) is 17.0 Å². The molecule has 172 valence electrons. The smallest absolute Gasteiger partial charge is 0.323 e. The van der Waals surface area contributed by atoms with Crippen molar-refractivity contribution in [2.24, 2.45) is 7.05 Å². The summed E-state index contributed by atoms with van der Waals surface area (Å²) in [5, 5.41) is 2.93. The van der Waals surface area contributed by atoms with Gasteiger partial charge in [0.05, 0.1) is 16.6 Å². The van der Waals surface area contributed by atoms with E-state index < -0.39 is 0 Å². The molecule has 5 heterocycles. The predicted molar refractivity (Wildman–Crippen MR) is 130 cm³/mol. The molecule has 0 bridgehead atoms. The predicted octanol–water partition coefficient (Wildman–Crippen LogP) is 2.42. The molecule has 0 amide bonds. The van der Waals surface area contributed by atoms with Crippen LogP contribution in [0.2, 0.25) is 0 Å². The number of fused-ring (bicyclic) bond motifs is 2. The van der Waals surface area contributed by atoms with Crippen molar-refractivity contribution in [2.75, 3.05) is 30.4 Å². The van der Waals surface area contributed by atoms with Gasteiger partial charge in [0, 0.05) is 39.6 Å². The van der Waals surface area contributed by atoms with E-state index in [0.717, 1.165) is 65.3 Å². The van der Waals surface area contributed by atoms with Crippen molar-refractivity contribution in [3.63, 3.8) is 0 Å². The molecule has 1 aliphatic heterocycles. The van der Waals surface area contributed by atoms with Gasteiger partial charge in [0.1, 0.15) is 12.2 Å². The van der Waals surface area contributed by atoms with Gasteiger partial charge in [-0.3, -0.25) is 0 Å². The number of benzene rings is 1. The SMILES string of the molecule is CNc1ncc(-c2nc3c(N4CCC(c5ccc6[nH]c(=O)[nH]c6c5)CC4)ncnc3n2C)cn1. The van der Waals surface area contributed by atoms with Gasteiger partial charge in [-0.25, -0.2) is 29.7 Å². The number of hydrogen-bond donors (Lipinski definition) is 3. The molecule has 3 N–H and O–H groups in total. The third-order valence-corrected chi connectivity index (χ3v) is 6.58. The molecule has 1 saturated heterocycles. The van der Waals surface area contributed by atoms with Crippen LogP contribution in [0.5, 0.6) is 0 Å². The van der Waals surface area contributed by atoms with Crippen molar-refractivity contribution in [2.45, 2.75) is 18.8 Å². The lowest BCUT2D eigenvalue weighted by molar-refractivity contribution is 0.503. The Morgan fingerprint density at radius 2 is 1.79 bits per heavy atom. The highest BCUT2D eigenvalue weighted by molar-refractivity contribution is 5.86. The van der Waals surface area contributed by atoms with Crippen molar-refractivity contribution in [3.8, 4) is 11.4 Å². The Balaban J connectivity index is 1.27. The Hall–Kier alpha value is -4.28. The Morgan fingerprint density at radius 1 is 1.03 bits per heavy atom. The first kappa shape index (κ1) is 20.3. The Kier molecular flexibility index (Phi) is 4.75. The summed E-state index contributed by atoms with van der Waals surface area (Å²) in [6.45, 7) is 1.73. The van der Waals surface area contributed by atoms with Crippen LogP contribution in [-0.2, 0) is 7.05 Å². The van der Waals surface area contributed by atoms with E-state index in [1.165, 1.54) is 5.56 Å². The largest absolute Gasteiger partial charge is 0.357 e. The number of aromatic amines is 2. The van der Waals surface area contributed by atoms with E-state index in [9.17, 15) is 4.79 Å². The quantitative estimate of drug-likeness (QED) is 0.375. The zero-order chi connectivity index (χ0) is 23.2. The molecule has 1 aromatic carbocycles. The molecule has 4 aromatic heterocycles. The molecular formula is C23H24N10O. The maximum atomic E-state index is 11.6. The highest BCUT2D eigenvalue weighted by Gasteiger charge is 2.25. The van der Waals surface area contributed by atoms with Gasteiger partial charge in [-0.1, -0.05) is 6.07 Å². The van der Waals surface area contributed by atoms with Crippen molar-refractivity contribution < 1.29 is 0 Å². The van der Waals surface area contributed by atoms with Gasteiger partial charge >= 0.3 is 5.69 Å². The second-order valence-corrected chi connectivity index (χ2v) is 8.55. The van der Waals surface area contributed by atoms with E-state index in [0.29, 0.717) is 11.9 Å². The number of aryl methyl sites for hydroxylation is 1. The number of aromatic nitrogens is 8. The zero-order valence-corrected chi connectivity index (χ0v) is 18.9. The number of piperidine rings is 1. The Bertz CT molecular complexity index is 1540. The maximum absolute atomic E-state index is 11.6. The Morgan fingerprint density at radius 3 is 2.56 bits per heavy atom. The lowest BCUT2D eigenvalue weighted by Crippen LogP contribution is -2.33. The zero-order valence-electron chi connectivity index (χ0n) is 18.9. The molecule has 0 spiro atoms. The minimum Gasteiger partial charge on any atom is -0.357 e. The van der Waals surface area contributed by atoms with Crippen molar-refractivity contribution in [1.29, 1.82) is 0 Å². The summed E-state index contributed by atoms with van der Waals surface area (Å²) < 4.78 is 1.96. The standard InChI is InChI=1S/C23H24N10O/c1-24-22-25-10-15(11-26-22)19-31-18-20(32(19)2)27-12-28-21(18)33-7-5-13(6-8-33)14-3-4-16-17(9-14)30-23(34)29-16/h3-4,9-13H,5-8H2,1-2H3,(H,24,25,26)(H2,29,30,34). The third-order valence-electron chi connectivity index (χ3n) is 6.58. The highest BCUT2D eigenvalue weighted by Crippen LogP contribution is 2.33. The minimum atomic E-state index is -0.172. The number of anilines is 2. The molecule has 1 aliphatic rings. The lowest BCUT2D eigenvalue weighted by atomic mass is 9.89. The van der Waals surface area contributed by atoms with Crippen LogP contribution in [0, 0.1) is 0 Å². The number of imidazole rings is 2. The first-order valence-electron chi connectivity index (χ1n) is 11.2. The van der Waals surface area contributed by atoms with E-state index in [4.69, 9.17) is 4.98 Å². The van der Waals surface area contributed by atoms with Crippen LogP contribution < -0.4 is 15.9 Å². The van der Waals surface area contributed by atoms with Crippen molar-refractivity contribution in [3.05, 3.63) is 53.0 Å². The van der Waals surface area contributed by atoms with E-state index in [-0.39, 0.29) is 5.69 Å². The topological polar surface area (TPSA) is 133 Å². The first-order chi connectivity index (χ1) is 16.6. The second-order valence-electron chi connectivity index (χ2n) is 8.55. The van der Waals surface area contributed by atoms with Crippen LogP contribution in [0.4, 0.5) is 11.8 Å². The fourth-order valence-electron chi connectivity index (χ4n) is 4.78. The van der Waals surface area contributed by atoms with Gasteiger partial charge in [-0.05, 0) is 36.5 Å². The number of rotatable bonds is 4. The summed E-state index contributed by atoms with van der Waals surface area (Å²) in [7, 11) is 3.73. The summed E-state index contributed by atoms with van der Waals surface area (Å²) in [6, 6.07) is 6.18. The highest BCUT2D eigenvalue weighted by atomic mass is 16.1. The van der Waals surface area contributed by atoms with Gasteiger partial charge in [-0.2, -0.15) is 0 Å². The van der Waals surface area contributed by atoms with Gasteiger partial charge in [0.25, 0.3) is 0 Å². The lowest BCUT2D eigenvalue weighted by Gasteiger charge is -2.33. The molecule has 1 fully saturated rings. The monoisotopic (exact) mass is 456 g/mol.